The number of thioether (sulfide) groups is 1. The maximum absolute atomic E-state index is 11.1. The largest absolute Gasteiger partial charge is 0.361 e. The van der Waals surface area contributed by atoms with Gasteiger partial charge in [-0.15, -0.1) is 0 Å². The highest BCUT2D eigenvalue weighted by atomic mass is 32.2. The van der Waals surface area contributed by atoms with Gasteiger partial charge in [0.15, 0.2) is 0 Å². The van der Waals surface area contributed by atoms with Crippen molar-refractivity contribution in [3.05, 3.63) is 22.2 Å². The number of aromatic nitrogens is 1. The zero-order valence-electron chi connectivity index (χ0n) is 6.50. The molecule has 0 radical (unpaired) electrons. The average Bonchev–Trinajstić information content (AvgIpc) is 2.53. The van der Waals surface area contributed by atoms with Crippen molar-refractivity contribution in [2.45, 2.75) is 6.04 Å². The Kier molecular flexibility index (Phi) is 2.23. The van der Waals surface area contributed by atoms with Crippen molar-refractivity contribution in [2.75, 3.05) is 18.1 Å². The molecule has 2 heterocycles. The van der Waals surface area contributed by atoms with Gasteiger partial charge in [0.05, 0.1) is 11.6 Å². The summed E-state index contributed by atoms with van der Waals surface area (Å²) < 4.78 is 4.59. The lowest BCUT2D eigenvalue weighted by molar-refractivity contribution is 0.388. The van der Waals surface area contributed by atoms with E-state index < -0.39 is 0 Å². The zero-order chi connectivity index (χ0) is 8.39. The van der Waals surface area contributed by atoms with Gasteiger partial charge in [-0.3, -0.25) is 0 Å². The molecule has 12 heavy (non-hydrogen) atoms. The minimum absolute atomic E-state index is 0.159. The van der Waals surface area contributed by atoms with E-state index in [1.54, 1.807) is 6.20 Å². The van der Waals surface area contributed by atoms with Crippen molar-refractivity contribution in [3.63, 3.8) is 0 Å². The van der Waals surface area contributed by atoms with E-state index in [-0.39, 0.29) is 11.7 Å². The average molecular weight is 186 g/mol. The Morgan fingerprint density at radius 2 is 2.58 bits per heavy atom. The predicted molar refractivity (Wildman–Crippen MR) is 47.4 cm³/mol. The molecule has 1 unspecified atom stereocenters. The van der Waals surface area contributed by atoms with Crippen LogP contribution in [0.2, 0.25) is 0 Å². The fraction of sp³-hybridized carbons (Fsp3) is 0.571. The standard InChI is InChI=1S/C7H10N2O2S/c10-7-5(3-9-11-7)6-4-12-2-1-8-6/h3,6,8-9H,1-2,4H2. The van der Waals surface area contributed by atoms with Gasteiger partial charge < -0.3 is 9.84 Å². The first-order chi connectivity index (χ1) is 5.88. The highest BCUT2D eigenvalue weighted by Gasteiger charge is 2.19. The Balaban J connectivity index is 2.18. The second kappa shape index (κ2) is 3.37. The molecule has 5 heteroatoms. The highest BCUT2D eigenvalue weighted by Crippen LogP contribution is 2.18. The number of rotatable bonds is 1. The van der Waals surface area contributed by atoms with Crippen LogP contribution < -0.4 is 10.9 Å². The van der Waals surface area contributed by atoms with Gasteiger partial charge in [0.2, 0.25) is 0 Å². The van der Waals surface area contributed by atoms with Gasteiger partial charge in [0.25, 0.3) is 0 Å². The summed E-state index contributed by atoms with van der Waals surface area (Å²) in [6.07, 6.45) is 1.63. The summed E-state index contributed by atoms with van der Waals surface area (Å²) in [6, 6.07) is 0.159. The first kappa shape index (κ1) is 7.94. The van der Waals surface area contributed by atoms with Crippen molar-refractivity contribution in [3.8, 4) is 0 Å². The molecule has 2 N–H and O–H groups in total. The number of H-pyrrole nitrogens is 1. The SMILES string of the molecule is O=c1o[nH]cc1C1CSCCN1. The summed E-state index contributed by atoms with van der Waals surface area (Å²) >= 11 is 1.85. The number of aromatic amines is 1. The third-order valence-electron chi connectivity index (χ3n) is 1.90. The number of nitrogens with one attached hydrogen (secondary N) is 2. The lowest BCUT2D eigenvalue weighted by Gasteiger charge is -2.20. The highest BCUT2D eigenvalue weighted by molar-refractivity contribution is 7.99. The molecule has 2 rings (SSSR count). The second-order valence-electron chi connectivity index (χ2n) is 2.69. The zero-order valence-corrected chi connectivity index (χ0v) is 7.32. The molecule has 1 aliphatic rings. The smallest absolute Gasteiger partial charge is 0.339 e. The molecule has 0 amide bonds. The third-order valence-corrected chi connectivity index (χ3v) is 2.96. The normalized spacial score (nSPS) is 24.2. The summed E-state index contributed by atoms with van der Waals surface area (Å²) in [4.78, 5) is 11.1. The molecule has 1 aliphatic heterocycles. The van der Waals surface area contributed by atoms with Crippen LogP contribution in [-0.2, 0) is 0 Å². The molecule has 0 aromatic carbocycles. The summed E-state index contributed by atoms with van der Waals surface area (Å²) in [5.41, 5.74) is 0.456. The lowest BCUT2D eigenvalue weighted by atomic mass is 10.2. The molecule has 0 saturated carbocycles. The monoisotopic (exact) mass is 186 g/mol. The van der Waals surface area contributed by atoms with Gasteiger partial charge >= 0.3 is 5.63 Å². The predicted octanol–water partition coefficient (Wildman–Crippen LogP) is 0.345. The Labute approximate surface area is 73.7 Å². The fourth-order valence-electron chi connectivity index (χ4n) is 1.27. The molecule has 0 bridgehead atoms. The molecule has 4 nitrogen and oxygen atoms in total. The third kappa shape index (κ3) is 1.42. The van der Waals surface area contributed by atoms with Crippen LogP contribution in [0.25, 0.3) is 0 Å². The van der Waals surface area contributed by atoms with Gasteiger partial charge in [0, 0.05) is 24.2 Å². The molecular weight excluding hydrogens is 176 g/mol. The fourth-order valence-corrected chi connectivity index (χ4v) is 2.23. The van der Waals surface area contributed by atoms with Crippen molar-refractivity contribution >= 4 is 11.8 Å². The van der Waals surface area contributed by atoms with Crippen molar-refractivity contribution in [2.24, 2.45) is 0 Å². The van der Waals surface area contributed by atoms with Crippen LogP contribution in [0.4, 0.5) is 0 Å². The lowest BCUT2D eigenvalue weighted by Crippen LogP contribution is -2.32. The summed E-state index contributed by atoms with van der Waals surface area (Å²) in [6.45, 7) is 0.958. The minimum atomic E-state index is -0.255. The van der Waals surface area contributed by atoms with Crippen LogP contribution in [0.1, 0.15) is 11.6 Å². The van der Waals surface area contributed by atoms with Gasteiger partial charge in [-0.1, -0.05) is 0 Å². The van der Waals surface area contributed by atoms with E-state index >= 15 is 0 Å². The first-order valence-corrected chi connectivity index (χ1v) is 5.01. The van der Waals surface area contributed by atoms with Gasteiger partial charge in [-0.25, -0.2) is 9.95 Å². The maximum atomic E-state index is 11.1. The van der Waals surface area contributed by atoms with E-state index in [2.05, 4.69) is 15.0 Å². The molecule has 1 aromatic rings. The van der Waals surface area contributed by atoms with E-state index in [4.69, 9.17) is 0 Å². The van der Waals surface area contributed by atoms with E-state index in [1.807, 2.05) is 11.8 Å². The van der Waals surface area contributed by atoms with Crippen LogP contribution in [0.15, 0.2) is 15.5 Å². The van der Waals surface area contributed by atoms with E-state index in [9.17, 15) is 4.79 Å². The summed E-state index contributed by atoms with van der Waals surface area (Å²) in [7, 11) is 0. The van der Waals surface area contributed by atoms with Crippen LogP contribution in [-0.4, -0.2) is 23.2 Å². The molecule has 66 valence electrons. The van der Waals surface area contributed by atoms with Crippen LogP contribution in [0.3, 0.4) is 0 Å². The second-order valence-corrected chi connectivity index (χ2v) is 3.84. The topological polar surface area (TPSA) is 58.0 Å². The molecule has 1 aromatic heterocycles. The van der Waals surface area contributed by atoms with Crippen molar-refractivity contribution in [1.29, 1.82) is 0 Å². The Morgan fingerprint density at radius 3 is 3.17 bits per heavy atom. The quantitative estimate of drug-likeness (QED) is 0.664. The van der Waals surface area contributed by atoms with E-state index in [1.165, 1.54) is 0 Å². The van der Waals surface area contributed by atoms with Gasteiger partial charge in [0.1, 0.15) is 0 Å². The molecule has 1 atom stereocenters. The van der Waals surface area contributed by atoms with Crippen LogP contribution >= 0.6 is 11.8 Å². The molecule has 1 fully saturated rings. The Bertz CT molecular complexity index is 300. The first-order valence-electron chi connectivity index (χ1n) is 3.86. The molecular formula is C7H10N2O2S. The number of hydrogen-bond acceptors (Lipinski definition) is 4. The van der Waals surface area contributed by atoms with Crippen LogP contribution in [0.5, 0.6) is 0 Å². The van der Waals surface area contributed by atoms with Crippen LogP contribution in [0, 0.1) is 0 Å². The summed E-state index contributed by atoms with van der Waals surface area (Å²) in [5.74, 6) is 2.06. The van der Waals surface area contributed by atoms with Gasteiger partial charge in [-0.05, 0) is 0 Å². The van der Waals surface area contributed by atoms with Crippen molar-refractivity contribution in [1.82, 2.24) is 10.5 Å². The van der Waals surface area contributed by atoms with Crippen molar-refractivity contribution < 1.29 is 4.52 Å². The molecule has 0 aliphatic carbocycles. The number of hydrogen-bond donors (Lipinski definition) is 2. The Hall–Kier alpha value is -0.680. The Morgan fingerprint density at radius 1 is 1.67 bits per heavy atom. The van der Waals surface area contributed by atoms with E-state index in [0.29, 0.717) is 5.56 Å². The molecule has 0 spiro atoms. The van der Waals surface area contributed by atoms with E-state index in [0.717, 1.165) is 18.1 Å². The molecule has 1 saturated heterocycles. The summed E-state index contributed by atoms with van der Waals surface area (Å²) in [5, 5.41) is 5.72. The maximum Gasteiger partial charge on any atom is 0.361 e. The minimum Gasteiger partial charge on any atom is -0.339 e. The van der Waals surface area contributed by atoms with Gasteiger partial charge in [-0.2, -0.15) is 11.8 Å².